The Morgan fingerprint density at radius 1 is 1.08 bits per heavy atom. The number of halogens is 2. The van der Waals surface area contributed by atoms with E-state index in [1.54, 1.807) is 25.1 Å². The first-order chi connectivity index (χ1) is 16.9. The van der Waals surface area contributed by atoms with Crippen LogP contribution < -0.4 is 14.4 Å². The summed E-state index contributed by atoms with van der Waals surface area (Å²) in [6.45, 7) is 5.14. The average molecular weight is 559 g/mol. The first kappa shape index (κ1) is 29.7. The number of carbonyl (C=O) groups is 2. The minimum Gasteiger partial charge on any atom is -0.497 e. The Morgan fingerprint density at radius 3 is 2.36 bits per heavy atom. The molecule has 2 aromatic rings. The van der Waals surface area contributed by atoms with Crippen LogP contribution in [-0.4, -0.2) is 57.1 Å². The normalized spacial score (nSPS) is 13.0. The average Bonchev–Trinajstić information content (AvgIpc) is 2.83. The number of nitrogens with one attached hydrogen (secondary N) is 1. The SMILES string of the molecule is CC[C@@H](C)NC(=O)[C@@H](CC)N(Cc1cccc(OC)c1)C(=O)CN(c1cc(Cl)ccc1Cl)S(C)(=O)=O. The van der Waals surface area contributed by atoms with Gasteiger partial charge in [0.05, 0.1) is 24.1 Å². The predicted octanol–water partition coefficient (Wildman–Crippen LogP) is 4.49. The fourth-order valence-electron chi connectivity index (χ4n) is 3.60. The zero-order valence-corrected chi connectivity index (χ0v) is 23.5. The molecule has 36 heavy (non-hydrogen) atoms. The molecule has 0 radical (unpaired) electrons. The smallest absolute Gasteiger partial charge is 0.244 e. The number of methoxy groups -OCH3 is 1. The summed E-state index contributed by atoms with van der Waals surface area (Å²) in [6.07, 6.45) is 2.03. The van der Waals surface area contributed by atoms with Crippen LogP contribution in [0.5, 0.6) is 5.75 Å². The third-order valence-electron chi connectivity index (χ3n) is 5.73. The van der Waals surface area contributed by atoms with Crippen LogP contribution in [0.15, 0.2) is 42.5 Å². The van der Waals surface area contributed by atoms with Gasteiger partial charge in [0.25, 0.3) is 0 Å². The summed E-state index contributed by atoms with van der Waals surface area (Å²) in [4.78, 5) is 28.3. The third-order valence-corrected chi connectivity index (χ3v) is 7.41. The number of ether oxygens (including phenoxy) is 1. The molecule has 0 bridgehead atoms. The molecule has 0 saturated heterocycles. The van der Waals surface area contributed by atoms with Gasteiger partial charge in [0.1, 0.15) is 18.3 Å². The van der Waals surface area contributed by atoms with Gasteiger partial charge in [0.2, 0.25) is 21.8 Å². The van der Waals surface area contributed by atoms with Crippen molar-refractivity contribution in [2.75, 3.05) is 24.2 Å². The molecular weight excluding hydrogens is 525 g/mol. The summed E-state index contributed by atoms with van der Waals surface area (Å²) in [5.41, 5.74) is 0.808. The Labute approximate surface area is 223 Å². The van der Waals surface area contributed by atoms with E-state index in [0.29, 0.717) is 12.2 Å². The minimum absolute atomic E-state index is 0.0728. The maximum atomic E-state index is 13.7. The number of rotatable bonds is 12. The molecule has 8 nitrogen and oxygen atoms in total. The van der Waals surface area contributed by atoms with Crippen LogP contribution in [0.25, 0.3) is 0 Å². The van der Waals surface area contributed by atoms with Crippen molar-refractivity contribution in [3.63, 3.8) is 0 Å². The van der Waals surface area contributed by atoms with Crippen LogP contribution in [0.1, 0.15) is 39.2 Å². The van der Waals surface area contributed by atoms with Crippen molar-refractivity contribution >= 4 is 50.7 Å². The minimum atomic E-state index is -3.92. The molecule has 2 atom stereocenters. The third kappa shape index (κ3) is 8.01. The summed E-state index contributed by atoms with van der Waals surface area (Å²) in [5.74, 6) is -0.277. The Morgan fingerprint density at radius 2 is 1.78 bits per heavy atom. The molecule has 0 aromatic heterocycles. The zero-order valence-electron chi connectivity index (χ0n) is 21.1. The second kappa shape index (κ2) is 13.2. The van der Waals surface area contributed by atoms with Gasteiger partial charge in [-0.2, -0.15) is 0 Å². The van der Waals surface area contributed by atoms with Gasteiger partial charge in [-0.15, -0.1) is 0 Å². The number of hydrogen-bond acceptors (Lipinski definition) is 5. The molecule has 198 valence electrons. The molecule has 0 aliphatic rings. The summed E-state index contributed by atoms with van der Waals surface area (Å²) >= 11 is 12.4. The fourth-order valence-corrected chi connectivity index (χ4v) is 4.89. The van der Waals surface area contributed by atoms with Crippen molar-refractivity contribution in [1.29, 1.82) is 0 Å². The van der Waals surface area contributed by atoms with E-state index in [4.69, 9.17) is 27.9 Å². The van der Waals surface area contributed by atoms with Gasteiger partial charge in [0, 0.05) is 17.6 Å². The van der Waals surface area contributed by atoms with E-state index in [2.05, 4.69) is 5.32 Å². The molecule has 11 heteroatoms. The van der Waals surface area contributed by atoms with Gasteiger partial charge in [0.15, 0.2) is 0 Å². The lowest BCUT2D eigenvalue weighted by Gasteiger charge is -2.33. The summed E-state index contributed by atoms with van der Waals surface area (Å²) in [6, 6.07) is 10.6. The quantitative estimate of drug-likeness (QED) is 0.414. The van der Waals surface area contributed by atoms with Gasteiger partial charge in [-0.05, 0) is 55.7 Å². The lowest BCUT2D eigenvalue weighted by molar-refractivity contribution is -0.140. The molecule has 2 rings (SSSR count). The first-order valence-electron chi connectivity index (χ1n) is 11.6. The topological polar surface area (TPSA) is 96.0 Å². The van der Waals surface area contributed by atoms with Crippen molar-refractivity contribution < 1.29 is 22.7 Å². The highest BCUT2D eigenvalue weighted by molar-refractivity contribution is 7.92. The van der Waals surface area contributed by atoms with Crippen LogP contribution in [0, 0.1) is 0 Å². The van der Waals surface area contributed by atoms with E-state index >= 15 is 0 Å². The molecule has 0 heterocycles. The molecule has 2 amide bonds. The van der Waals surface area contributed by atoms with Crippen LogP contribution in [0.2, 0.25) is 10.0 Å². The summed E-state index contributed by atoms with van der Waals surface area (Å²) < 4.78 is 31.6. The van der Waals surface area contributed by atoms with Gasteiger partial charge in [-0.25, -0.2) is 8.42 Å². The molecule has 0 spiro atoms. The Hall–Kier alpha value is -2.49. The van der Waals surface area contributed by atoms with E-state index in [0.717, 1.165) is 22.5 Å². The Balaban J connectivity index is 2.50. The lowest BCUT2D eigenvalue weighted by atomic mass is 10.1. The lowest BCUT2D eigenvalue weighted by Crippen LogP contribution is -2.53. The highest BCUT2D eigenvalue weighted by atomic mass is 35.5. The standard InChI is InChI=1S/C25H33Cl2N3O5S/c1-6-17(3)28-25(32)22(7-2)29(15-18-9-8-10-20(13-18)35-4)24(31)16-30(36(5,33)34)23-14-19(26)11-12-21(23)27/h8-14,17,22H,6-7,15-16H2,1-5H3,(H,28,32)/t17-,22-/m1/s1. The zero-order chi connectivity index (χ0) is 27.0. The van der Waals surface area contributed by atoms with Gasteiger partial charge in [-0.3, -0.25) is 13.9 Å². The number of carbonyl (C=O) groups excluding carboxylic acids is 2. The Bertz CT molecular complexity index is 1180. The van der Waals surface area contributed by atoms with Crippen molar-refractivity contribution in [2.24, 2.45) is 0 Å². The van der Waals surface area contributed by atoms with Crippen molar-refractivity contribution in [3.8, 4) is 5.75 Å². The second-order valence-electron chi connectivity index (χ2n) is 8.48. The van der Waals surface area contributed by atoms with Crippen LogP contribution >= 0.6 is 23.2 Å². The van der Waals surface area contributed by atoms with Crippen molar-refractivity contribution in [3.05, 3.63) is 58.1 Å². The van der Waals surface area contributed by atoms with Gasteiger partial charge < -0.3 is 15.0 Å². The monoisotopic (exact) mass is 557 g/mol. The van der Waals surface area contributed by atoms with Gasteiger partial charge in [-0.1, -0.05) is 49.2 Å². The van der Waals surface area contributed by atoms with Crippen LogP contribution in [-0.2, 0) is 26.2 Å². The van der Waals surface area contributed by atoms with Crippen LogP contribution in [0.4, 0.5) is 5.69 Å². The molecule has 0 unspecified atom stereocenters. The summed E-state index contributed by atoms with van der Waals surface area (Å²) in [5, 5.41) is 3.32. The molecule has 2 aromatic carbocycles. The Kier molecular flexibility index (Phi) is 10.9. The van der Waals surface area contributed by atoms with Gasteiger partial charge >= 0.3 is 0 Å². The summed E-state index contributed by atoms with van der Waals surface area (Å²) in [7, 11) is -2.39. The molecule has 0 aliphatic carbocycles. The van der Waals surface area contributed by atoms with Crippen molar-refractivity contribution in [2.45, 2.75) is 52.2 Å². The fraction of sp³-hybridized carbons (Fsp3) is 0.440. The highest BCUT2D eigenvalue weighted by Gasteiger charge is 2.32. The number of sulfonamides is 1. The second-order valence-corrected chi connectivity index (χ2v) is 11.2. The molecule has 0 fully saturated rings. The predicted molar refractivity (Wildman–Crippen MR) is 144 cm³/mol. The van der Waals surface area contributed by atoms with E-state index in [1.807, 2.05) is 19.9 Å². The molecule has 1 N–H and O–H groups in total. The van der Waals surface area contributed by atoms with E-state index in [9.17, 15) is 18.0 Å². The largest absolute Gasteiger partial charge is 0.497 e. The van der Waals surface area contributed by atoms with Crippen molar-refractivity contribution in [1.82, 2.24) is 10.2 Å². The van der Waals surface area contributed by atoms with E-state index in [-0.39, 0.29) is 34.2 Å². The maximum Gasteiger partial charge on any atom is 0.244 e. The maximum absolute atomic E-state index is 13.7. The number of anilines is 1. The number of nitrogens with zero attached hydrogens (tertiary/aromatic N) is 2. The number of hydrogen-bond donors (Lipinski definition) is 1. The number of benzene rings is 2. The molecule has 0 saturated carbocycles. The van der Waals surface area contributed by atoms with E-state index in [1.165, 1.54) is 30.2 Å². The number of amides is 2. The van der Waals surface area contributed by atoms with E-state index < -0.39 is 28.5 Å². The van der Waals surface area contributed by atoms with Crippen LogP contribution in [0.3, 0.4) is 0 Å². The highest BCUT2D eigenvalue weighted by Crippen LogP contribution is 2.31. The molecule has 0 aliphatic heterocycles. The molecular formula is C25H33Cl2N3O5S. The first-order valence-corrected chi connectivity index (χ1v) is 14.2.